The number of nitrogens with zero attached hydrogens (tertiary/aromatic N) is 4. The molecule has 0 aliphatic carbocycles. The van der Waals surface area contributed by atoms with Crippen molar-refractivity contribution in [2.24, 2.45) is 0 Å². The maximum atomic E-state index is 13.4. The third kappa shape index (κ3) is 4.33. The molecule has 0 amide bonds. The van der Waals surface area contributed by atoms with Crippen LogP contribution in [0.15, 0.2) is 6.33 Å². The van der Waals surface area contributed by atoms with Crippen molar-refractivity contribution in [3.8, 4) is 0 Å². The van der Waals surface area contributed by atoms with E-state index in [2.05, 4.69) is 24.2 Å². The van der Waals surface area contributed by atoms with Crippen LogP contribution in [-0.2, 0) is 20.4 Å². The number of fused-ring (bicyclic) bond motifs is 1. The zero-order valence-corrected chi connectivity index (χ0v) is 13.6. The summed E-state index contributed by atoms with van der Waals surface area (Å²) in [6.07, 6.45) is -1.14. The minimum absolute atomic E-state index is 0. The lowest BCUT2D eigenvalue weighted by atomic mass is 10.5. The zero-order valence-electron chi connectivity index (χ0n) is 12.7. The first-order valence-corrected chi connectivity index (χ1v) is 7.91. The highest BCUT2D eigenvalue weighted by atomic mass is 31.2. The van der Waals surface area contributed by atoms with E-state index >= 15 is 0 Å². The van der Waals surface area contributed by atoms with Crippen LogP contribution in [0.25, 0.3) is 11.2 Å². The smallest absolute Gasteiger partial charge is 0.263 e. The SMILES string of the molecule is CCOP(=O)([O-])C(F)OCCn1cnc2c(N)nc(N)nc21.[NH4+]. The Balaban J connectivity index is 0.00000264. The molecular weight excluding hydrogens is 332 g/mol. The standard InChI is InChI=1S/C10H16FN6O4P.H3N/c1-2-21-22(18,19)9(11)20-4-3-17-5-14-6-7(12)15-10(13)16-8(6)17;/h5,9H,2-4H2,1H3,(H,18,19)(H4,12,13,15,16);1H3. The number of halogens is 1. The number of nitrogen functional groups attached to an aromatic ring is 2. The van der Waals surface area contributed by atoms with Gasteiger partial charge >= 0.3 is 0 Å². The van der Waals surface area contributed by atoms with Crippen LogP contribution in [0.3, 0.4) is 0 Å². The molecule has 0 aliphatic heterocycles. The van der Waals surface area contributed by atoms with Gasteiger partial charge < -0.3 is 40.9 Å². The molecule has 0 bridgehead atoms. The van der Waals surface area contributed by atoms with Crippen LogP contribution in [0.2, 0.25) is 0 Å². The molecule has 2 unspecified atom stereocenters. The number of alkyl halides is 1. The summed E-state index contributed by atoms with van der Waals surface area (Å²) in [6, 6.07) is 0. The minimum atomic E-state index is -4.68. The Kier molecular flexibility index (Phi) is 6.36. The molecule has 2 aromatic heterocycles. The van der Waals surface area contributed by atoms with Crippen LogP contribution in [0.5, 0.6) is 0 Å². The van der Waals surface area contributed by atoms with Crippen molar-refractivity contribution in [2.75, 3.05) is 24.7 Å². The Hall–Kier alpha value is -1.85. The molecular formula is C10H19FN7O4P. The van der Waals surface area contributed by atoms with Crippen molar-refractivity contribution >= 4 is 30.5 Å². The summed E-state index contributed by atoms with van der Waals surface area (Å²) < 4.78 is 35.1. The first-order valence-electron chi connectivity index (χ1n) is 6.30. The van der Waals surface area contributed by atoms with Crippen molar-refractivity contribution < 1.29 is 23.1 Å². The van der Waals surface area contributed by atoms with Gasteiger partial charge in [-0.05, 0) is 6.92 Å². The van der Waals surface area contributed by atoms with Gasteiger partial charge in [-0.1, -0.05) is 0 Å². The summed E-state index contributed by atoms with van der Waals surface area (Å²) in [4.78, 5) is 23.0. The molecule has 2 aromatic rings. The predicted octanol–water partition coefficient (Wildman–Crippen LogP) is 0.227. The number of nitrogens with two attached hydrogens (primary N) is 2. The highest BCUT2D eigenvalue weighted by Gasteiger charge is 2.23. The summed E-state index contributed by atoms with van der Waals surface area (Å²) in [6.45, 7) is 1.13. The number of ether oxygens (including phenoxy) is 1. The van der Waals surface area contributed by atoms with Gasteiger partial charge in [-0.2, -0.15) is 9.97 Å². The molecule has 23 heavy (non-hydrogen) atoms. The van der Waals surface area contributed by atoms with E-state index in [1.54, 1.807) is 0 Å². The van der Waals surface area contributed by atoms with Crippen molar-refractivity contribution in [2.45, 2.75) is 19.6 Å². The van der Waals surface area contributed by atoms with Crippen LogP contribution in [0.1, 0.15) is 6.92 Å². The Bertz CT molecular complexity index is 712. The number of hydrogen-bond donors (Lipinski definition) is 3. The molecule has 11 nitrogen and oxygen atoms in total. The maximum absolute atomic E-state index is 13.4. The Morgan fingerprint density at radius 1 is 1.48 bits per heavy atom. The van der Waals surface area contributed by atoms with Crippen LogP contribution in [0, 0.1) is 0 Å². The summed E-state index contributed by atoms with van der Waals surface area (Å²) in [5.74, 6) is 0.0855. The molecule has 2 heterocycles. The minimum Gasteiger partial charge on any atom is -0.775 e. The van der Waals surface area contributed by atoms with Crippen LogP contribution >= 0.6 is 7.60 Å². The first kappa shape index (κ1) is 19.2. The number of anilines is 2. The summed E-state index contributed by atoms with van der Waals surface area (Å²) in [7, 11) is -4.68. The largest absolute Gasteiger partial charge is 0.775 e. The lowest BCUT2D eigenvalue weighted by Crippen LogP contribution is -2.20. The maximum Gasteiger partial charge on any atom is 0.263 e. The molecule has 0 radical (unpaired) electrons. The van der Waals surface area contributed by atoms with Gasteiger partial charge in [0.25, 0.3) is 6.10 Å². The van der Waals surface area contributed by atoms with Crippen LogP contribution in [0.4, 0.5) is 16.2 Å². The molecule has 130 valence electrons. The topological polar surface area (TPSA) is 191 Å². The number of hydrogen-bond acceptors (Lipinski definition) is 9. The molecule has 0 aliphatic rings. The van der Waals surface area contributed by atoms with Gasteiger partial charge in [0.2, 0.25) is 5.95 Å². The number of quaternary nitrogens is 1. The van der Waals surface area contributed by atoms with Gasteiger partial charge in [-0.15, -0.1) is 0 Å². The Morgan fingerprint density at radius 2 is 2.17 bits per heavy atom. The van der Waals surface area contributed by atoms with E-state index < -0.39 is 13.7 Å². The average molecular weight is 351 g/mol. The fraction of sp³-hybridized carbons (Fsp3) is 0.500. The third-order valence-corrected chi connectivity index (χ3v) is 3.92. The van der Waals surface area contributed by atoms with Crippen molar-refractivity contribution in [1.29, 1.82) is 0 Å². The molecule has 2 atom stereocenters. The summed E-state index contributed by atoms with van der Waals surface area (Å²) in [5, 5.41) is 0. The van der Waals surface area contributed by atoms with Gasteiger partial charge in [0.1, 0.15) is 5.52 Å². The summed E-state index contributed by atoms with van der Waals surface area (Å²) >= 11 is 0. The third-order valence-electron chi connectivity index (χ3n) is 2.65. The lowest BCUT2D eigenvalue weighted by Gasteiger charge is -2.25. The highest BCUT2D eigenvalue weighted by Crippen LogP contribution is 2.44. The van der Waals surface area contributed by atoms with E-state index in [0.717, 1.165) is 0 Å². The van der Waals surface area contributed by atoms with E-state index in [4.69, 9.17) is 11.5 Å². The number of aromatic nitrogens is 4. The van der Waals surface area contributed by atoms with Crippen LogP contribution in [-0.4, -0.2) is 38.8 Å². The van der Waals surface area contributed by atoms with Gasteiger partial charge in [-0.25, -0.2) is 9.37 Å². The molecule has 0 aromatic carbocycles. The quantitative estimate of drug-likeness (QED) is 0.585. The second-order valence-corrected chi connectivity index (χ2v) is 5.94. The first-order chi connectivity index (χ1) is 10.3. The monoisotopic (exact) mass is 351 g/mol. The second-order valence-electron chi connectivity index (χ2n) is 4.20. The van der Waals surface area contributed by atoms with Crippen LogP contribution < -0.4 is 22.5 Å². The van der Waals surface area contributed by atoms with Crippen molar-refractivity contribution in [3.63, 3.8) is 0 Å². The summed E-state index contributed by atoms with van der Waals surface area (Å²) in [5.41, 5.74) is 11.8. The Labute approximate surface area is 130 Å². The molecule has 2 rings (SSSR count). The average Bonchev–Trinajstić information content (AvgIpc) is 2.82. The van der Waals surface area contributed by atoms with Crippen molar-refractivity contribution in [1.82, 2.24) is 25.7 Å². The molecule has 13 heteroatoms. The highest BCUT2D eigenvalue weighted by molar-refractivity contribution is 7.51. The van der Waals surface area contributed by atoms with E-state index in [1.165, 1.54) is 17.8 Å². The second kappa shape index (κ2) is 7.62. The fourth-order valence-corrected chi connectivity index (χ4v) is 2.49. The fourth-order valence-electron chi connectivity index (χ4n) is 1.73. The molecule has 8 N–H and O–H groups in total. The molecule has 0 saturated carbocycles. The zero-order chi connectivity index (χ0) is 16.3. The van der Waals surface area contributed by atoms with E-state index in [0.29, 0.717) is 11.2 Å². The van der Waals surface area contributed by atoms with Gasteiger partial charge in [-0.3, -0.25) is 0 Å². The molecule has 0 fully saturated rings. The van der Waals surface area contributed by atoms with Gasteiger partial charge in [0, 0.05) is 6.54 Å². The lowest BCUT2D eigenvalue weighted by molar-refractivity contribution is -0.218. The predicted molar refractivity (Wildman–Crippen MR) is 80.2 cm³/mol. The molecule has 0 saturated heterocycles. The molecule has 0 spiro atoms. The van der Waals surface area contributed by atoms with E-state index in [9.17, 15) is 13.8 Å². The van der Waals surface area contributed by atoms with E-state index in [1.807, 2.05) is 0 Å². The Morgan fingerprint density at radius 3 is 2.83 bits per heavy atom. The van der Waals surface area contributed by atoms with Crippen molar-refractivity contribution in [3.05, 3.63) is 6.33 Å². The van der Waals surface area contributed by atoms with Gasteiger partial charge in [0.15, 0.2) is 19.1 Å². The normalized spacial score (nSPS) is 15.1. The number of rotatable bonds is 7. The van der Waals surface area contributed by atoms with Gasteiger partial charge in [0.05, 0.1) is 19.5 Å². The number of imidazole rings is 1. The van der Waals surface area contributed by atoms with E-state index in [-0.39, 0.29) is 37.7 Å².